The number of unbranched alkanes of at least 4 members (excludes halogenated alkanes) is 1. The first-order valence-corrected chi connectivity index (χ1v) is 8.95. The molecule has 0 aliphatic heterocycles. The number of amides is 1. The van der Waals surface area contributed by atoms with Gasteiger partial charge in [-0.1, -0.05) is 19.4 Å². The molecule has 0 aromatic carbocycles. The normalized spacial score (nSPS) is 11.3. The van der Waals surface area contributed by atoms with Crippen LogP contribution in [0, 0.1) is 0 Å². The predicted molar refractivity (Wildman–Crippen MR) is 101 cm³/mol. The van der Waals surface area contributed by atoms with Crippen LogP contribution < -0.4 is 10.9 Å². The highest BCUT2D eigenvalue weighted by molar-refractivity contribution is 5.98. The predicted octanol–water partition coefficient (Wildman–Crippen LogP) is 2.22. The van der Waals surface area contributed by atoms with Crippen molar-refractivity contribution in [3.63, 3.8) is 0 Å². The van der Waals surface area contributed by atoms with E-state index in [0.29, 0.717) is 42.1 Å². The first-order valence-electron chi connectivity index (χ1n) is 8.95. The van der Waals surface area contributed by atoms with Crippen LogP contribution in [0.3, 0.4) is 0 Å². The summed E-state index contributed by atoms with van der Waals surface area (Å²) < 4.78 is 8.45. The Balaban J connectivity index is 2.11. The summed E-state index contributed by atoms with van der Waals surface area (Å²) in [4.78, 5) is 30.1. The Bertz CT molecular complexity index is 974. The van der Waals surface area contributed by atoms with Gasteiger partial charge in [-0.2, -0.15) is 0 Å². The third kappa shape index (κ3) is 3.48. The maximum Gasteiger partial charge on any atom is 0.267 e. The summed E-state index contributed by atoms with van der Waals surface area (Å²) in [5, 5.41) is 3.38. The number of nitrogens with zero attached hydrogens (tertiary/aromatic N) is 3. The quantitative estimate of drug-likeness (QED) is 0.628. The molecule has 0 aliphatic rings. The van der Waals surface area contributed by atoms with E-state index in [1.165, 1.54) is 4.40 Å². The molecule has 0 radical (unpaired) electrons. The Kier molecular flexibility index (Phi) is 5.68. The average Bonchev–Trinajstić information content (AvgIpc) is 3.01. The van der Waals surface area contributed by atoms with E-state index in [1.54, 1.807) is 31.5 Å². The summed E-state index contributed by atoms with van der Waals surface area (Å²) in [7, 11) is 1.64. The molecular formula is C19H24N4O3. The third-order valence-electron chi connectivity index (χ3n) is 4.36. The van der Waals surface area contributed by atoms with Gasteiger partial charge in [0.15, 0.2) is 0 Å². The van der Waals surface area contributed by atoms with Crippen LogP contribution in [0.25, 0.3) is 16.7 Å². The number of hydrogen-bond acceptors (Lipinski definition) is 4. The van der Waals surface area contributed by atoms with E-state index in [1.807, 2.05) is 10.6 Å². The van der Waals surface area contributed by atoms with Crippen LogP contribution in [0.2, 0.25) is 0 Å². The maximum atomic E-state index is 12.8. The van der Waals surface area contributed by atoms with E-state index < -0.39 is 0 Å². The molecule has 0 saturated heterocycles. The fourth-order valence-corrected chi connectivity index (χ4v) is 3.00. The fourth-order valence-electron chi connectivity index (χ4n) is 3.00. The molecular weight excluding hydrogens is 332 g/mol. The zero-order valence-corrected chi connectivity index (χ0v) is 15.2. The van der Waals surface area contributed by atoms with Gasteiger partial charge in [0.2, 0.25) is 0 Å². The molecule has 0 aliphatic carbocycles. The molecule has 7 nitrogen and oxygen atoms in total. The highest BCUT2D eigenvalue weighted by Gasteiger charge is 2.19. The van der Waals surface area contributed by atoms with Crippen LogP contribution in [0.15, 0.2) is 35.3 Å². The smallest absolute Gasteiger partial charge is 0.267 e. The number of ether oxygens (including phenoxy) is 1. The minimum absolute atomic E-state index is 0.168. The lowest BCUT2D eigenvalue weighted by atomic mass is 10.3. The molecule has 3 heterocycles. The number of rotatable bonds is 8. The number of aryl methyl sites for hydroxylation is 1. The number of methoxy groups -OCH3 is 1. The molecule has 26 heavy (non-hydrogen) atoms. The van der Waals surface area contributed by atoms with Crippen LogP contribution in [0.1, 0.15) is 36.7 Å². The van der Waals surface area contributed by atoms with Gasteiger partial charge in [0.1, 0.15) is 17.0 Å². The summed E-state index contributed by atoms with van der Waals surface area (Å²) in [6.45, 7) is 3.82. The number of hydrogen-bond donors (Lipinski definition) is 1. The summed E-state index contributed by atoms with van der Waals surface area (Å²) in [6, 6.07) is 7.06. The summed E-state index contributed by atoms with van der Waals surface area (Å²) in [5.74, 6) is -0.178. The third-order valence-corrected chi connectivity index (χ3v) is 4.36. The van der Waals surface area contributed by atoms with Gasteiger partial charge < -0.3 is 14.6 Å². The average molecular weight is 356 g/mol. The van der Waals surface area contributed by atoms with Crippen molar-refractivity contribution in [2.24, 2.45) is 0 Å². The zero-order chi connectivity index (χ0) is 18.5. The van der Waals surface area contributed by atoms with E-state index in [0.717, 1.165) is 19.3 Å². The van der Waals surface area contributed by atoms with Gasteiger partial charge in [-0.05, 0) is 31.0 Å². The van der Waals surface area contributed by atoms with Crippen molar-refractivity contribution < 1.29 is 9.53 Å². The second-order valence-electron chi connectivity index (χ2n) is 6.22. The molecule has 0 unspecified atom stereocenters. The molecule has 1 amide bonds. The Hall–Kier alpha value is -2.67. The molecule has 0 atom stereocenters. The number of pyridine rings is 1. The number of fused-ring (bicyclic) bond motifs is 2. The van der Waals surface area contributed by atoms with Crippen molar-refractivity contribution >= 4 is 22.6 Å². The molecule has 0 bridgehead atoms. The summed E-state index contributed by atoms with van der Waals surface area (Å²) in [5.41, 5.74) is 1.40. The minimum Gasteiger partial charge on any atom is -0.385 e. The Morgan fingerprint density at radius 3 is 2.92 bits per heavy atom. The lowest BCUT2D eigenvalue weighted by Gasteiger charge is -2.10. The van der Waals surface area contributed by atoms with E-state index in [4.69, 9.17) is 4.74 Å². The van der Waals surface area contributed by atoms with Crippen molar-refractivity contribution in [3.8, 4) is 0 Å². The zero-order valence-electron chi connectivity index (χ0n) is 15.2. The van der Waals surface area contributed by atoms with Crippen molar-refractivity contribution in [2.75, 3.05) is 20.3 Å². The van der Waals surface area contributed by atoms with Crippen LogP contribution >= 0.6 is 0 Å². The van der Waals surface area contributed by atoms with E-state index in [2.05, 4.69) is 17.2 Å². The Morgan fingerprint density at radius 2 is 2.15 bits per heavy atom. The number of aromatic nitrogens is 3. The number of nitrogens with one attached hydrogen (secondary N) is 1. The highest BCUT2D eigenvalue weighted by atomic mass is 16.5. The second-order valence-corrected chi connectivity index (χ2v) is 6.22. The first kappa shape index (κ1) is 18.1. The van der Waals surface area contributed by atoms with Crippen molar-refractivity contribution in [2.45, 2.75) is 32.7 Å². The van der Waals surface area contributed by atoms with E-state index in [-0.39, 0.29) is 11.5 Å². The molecule has 3 aromatic rings. The lowest BCUT2D eigenvalue weighted by Crippen LogP contribution is -2.27. The first-order chi connectivity index (χ1) is 12.7. The molecule has 0 spiro atoms. The summed E-state index contributed by atoms with van der Waals surface area (Å²) >= 11 is 0. The molecule has 1 N–H and O–H groups in total. The lowest BCUT2D eigenvalue weighted by molar-refractivity contribution is 0.0943. The van der Waals surface area contributed by atoms with E-state index >= 15 is 0 Å². The highest BCUT2D eigenvalue weighted by Crippen LogP contribution is 2.17. The molecule has 7 heteroatoms. The van der Waals surface area contributed by atoms with Crippen LogP contribution in [0.5, 0.6) is 0 Å². The topological polar surface area (TPSA) is 77.6 Å². The fraction of sp³-hybridized carbons (Fsp3) is 0.421. The van der Waals surface area contributed by atoms with Gasteiger partial charge in [-0.25, -0.2) is 4.98 Å². The van der Waals surface area contributed by atoms with Crippen molar-refractivity contribution in [1.29, 1.82) is 0 Å². The Morgan fingerprint density at radius 1 is 1.31 bits per heavy atom. The Labute approximate surface area is 151 Å². The number of carbonyl (C=O) groups is 1. The van der Waals surface area contributed by atoms with Crippen LogP contribution in [-0.2, 0) is 11.3 Å². The summed E-state index contributed by atoms with van der Waals surface area (Å²) in [6.07, 6.45) is 4.34. The molecule has 0 saturated carbocycles. The second kappa shape index (κ2) is 8.14. The van der Waals surface area contributed by atoms with Gasteiger partial charge in [-0.15, -0.1) is 0 Å². The molecule has 0 fully saturated rings. The largest absolute Gasteiger partial charge is 0.385 e. The van der Waals surface area contributed by atoms with E-state index in [9.17, 15) is 9.59 Å². The van der Waals surface area contributed by atoms with Gasteiger partial charge >= 0.3 is 0 Å². The molecule has 3 aromatic heterocycles. The van der Waals surface area contributed by atoms with Gasteiger partial charge in [0.05, 0.1) is 5.39 Å². The monoisotopic (exact) mass is 356 g/mol. The van der Waals surface area contributed by atoms with Crippen molar-refractivity contribution in [1.82, 2.24) is 19.3 Å². The SMILES string of the molecule is CCCCNC(=O)c1cc2c(=O)n3ccccc3nc2n1CCCOC. The van der Waals surface area contributed by atoms with Gasteiger partial charge in [0.25, 0.3) is 11.5 Å². The van der Waals surface area contributed by atoms with Crippen LogP contribution in [0.4, 0.5) is 0 Å². The number of carbonyl (C=O) groups excluding carboxylic acids is 1. The molecule has 3 rings (SSSR count). The maximum absolute atomic E-state index is 12.8. The van der Waals surface area contributed by atoms with Gasteiger partial charge in [0, 0.05) is 33.0 Å². The standard InChI is InChI=1S/C19H24N4O3/c1-3-4-9-20-18(24)15-13-14-17(22(15)11-7-12-26-2)21-16-8-5-6-10-23(16)19(14)25/h5-6,8,10,13H,3-4,7,9,11-12H2,1-2H3,(H,20,24). The minimum atomic E-state index is -0.178. The van der Waals surface area contributed by atoms with Crippen LogP contribution in [-0.4, -0.2) is 40.1 Å². The molecule has 138 valence electrons. The van der Waals surface area contributed by atoms with Crippen molar-refractivity contribution in [3.05, 3.63) is 46.5 Å². The van der Waals surface area contributed by atoms with Gasteiger partial charge in [-0.3, -0.25) is 14.0 Å².